The number of carbonyl (C=O) groups is 2. The third kappa shape index (κ3) is 4.59. The summed E-state index contributed by atoms with van der Waals surface area (Å²) in [7, 11) is 0. The van der Waals surface area contributed by atoms with Crippen molar-refractivity contribution in [1.82, 2.24) is 19.7 Å². The van der Waals surface area contributed by atoms with Gasteiger partial charge < -0.3 is 15.5 Å². The molecule has 2 amide bonds. The number of oxazole rings is 1. The van der Waals surface area contributed by atoms with Crippen LogP contribution in [-0.4, -0.2) is 50.7 Å². The lowest BCUT2D eigenvalue weighted by Crippen LogP contribution is -2.54. The number of primary amides is 1. The molecule has 2 aromatic heterocycles. The molecule has 2 aliphatic rings. The molecule has 1 aliphatic carbocycles. The molecule has 0 bridgehead atoms. The number of rotatable bonds is 8. The van der Waals surface area contributed by atoms with Crippen molar-refractivity contribution in [3.63, 3.8) is 0 Å². The monoisotopic (exact) mass is 491 g/mol. The first-order valence-electron chi connectivity index (χ1n) is 11.8. The second-order valence-electron chi connectivity index (χ2n) is 9.39. The lowest BCUT2D eigenvalue weighted by Gasteiger charge is -2.43. The van der Waals surface area contributed by atoms with E-state index in [1.807, 2.05) is 29.2 Å². The first kappa shape index (κ1) is 23.7. The number of aromatic nitrogens is 3. The SMILES string of the molecule is N#CCC1(n2cc(C(N)=O)c(NC(=O)C3CC3)n2)CCN(Cc2ccc(-c3ncco3)cc2)CC1F. The van der Waals surface area contributed by atoms with Crippen LogP contribution in [0.15, 0.2) is 47.3 Å². The summed E-state index contributed by atoms with van der Waals surface area (Å²) < 4.78 is 22.5. The third-order valence-electron chi connectivity index (χ3n) is 6.91. The zero-order chi connectivity index (χ0) is 25.3. The number of carbonyl (C=O) groups excluding carboxylic acids is 2. The molecule has 10 nitrogen and oxygen atoms in total. The summed E-state index contributed by atoms with van der Waals surface area (Å²) in [6.45, 7) is 1.13. The van der Waals surface area contributed by atoms with Gasteiger partial charge in [-0.1, -0.05) is 12.1 Å². The second-order valence-corrected chi connectivity index (χ2v) is 9.39. The number of anilines is 1. The molecule has 3 heterocycles. The van der Waals surface area contributed by atoms with Crippen LogP contribution in [0.25, 0.3) is 11.5 Å². The van der Waals surface area contributed by atoms with E-state index in [9.17, 15) is 14.9 Å². The van der Waals surface area contributed by atoms with E-state index in [2.05, 4.69) is 21.5 Å². The Kier molecular flexibility index (Phi) is 6.28. The molecular formula is C25H26FN7O3. The summed E-state index contributed by atoms with van der Waals surface area (Å²) in [6, 6.07) is 9.79. The lowest BCUT2D eigenvalue weighted by molar-refractivity contribution is -0.117. The summed E-state index contributed by atoms with van der Waals surface area (Å²) >= 11 is 0. The molecule has 2 fully saturated rings. The molecule has 3 N–H and O–H groups in total. The molecule has 2 unspecified atom stereocenters. The van der Waals surface area contributed by atoms with E-state index in [0.29, 0.717) is 25.4 Å². The zero-order valence-corrected chi connectivity index (χ0v) is 19.6. The molecule has 11 heteroatoms. The maximum Gasteiger partial charge on any atom is 0.254 e. The van der Waals surface area contributed by atoms with E-state index in [4.69, 9.17) is 10.2 Å². The second kappa shape index (κ2) is 9.54. The van der Waals surface area contributed by atoms with Crippen LogP contribution in [0.2, 0.25) is 0 Å². The molecule has 186 valence electrons. The van der Waals surface area contributed by atoms with Crippen molar-refractivity contribution in [1.29, 1.82) is 5.26 Å². The molecule has 36 heavy (non-hydrogen) atoms. The van der Waals surface area contributed by atoms with E-state index in [-0.39, 0.29) is 36.2 Å². The van der Waals surface area contributed by atoms with Gasteiger partial charge in [-0.25, -0.2) is 9.37 Å². The average Bonchev–Trinajstić information content (AvgIpc) is 3.40. The first-order chi connectivity index (χ1) is 17.4. The molecule has 3 aromatic rings. The van der Waals surface area contributed by atoms with Crippen molar-refractivity contribution in [2.24, 2.45) is 11.7 Å². The van der Waals surface area contributed by atoms with Crippen LogP contribution in [0, 0.1) is 17.2 Å². The highest BCUT2D eigenvalue weighted by Crippen LogP contribution is 2.37. The maximum absolute atomic E-state index is 15.8. The number of hydrogen-bond acceptors (Lipinski definition) is 7. The molecule has 5 rings (SSSR count). The minimum absolute atomic E-state index is 0.00193. The highest BCUT2D eigenvalue weighted by molar-refractivity contribution is 6.02. The Hall–Kier alpha value is -4.04. The number of nitrogens with one attached hydrogen (secondary N) is 1. The van der Waals surface area contributed by atoms with Crippen LogP contribution in [-0.2, 0) is 16.9 Å². The van der Waals surface area contributed by atoms with Crippen molar-refractivity contribution in [2.75, 3.05) is 18.4 Å². The standard InChI is InChI=1S/C25H26FN7O3/c26-20-15-32(13-16-1-3-18(4-2-16)24-29-10-12-36-24)11-8-25(20,7-9-27)33-14-19(21(28)34)22(31-33)30-23(35)17-5-6-17/h1-4,10,12,14,17,20H,5-8,11,13,15H2,(H2,28,34)(H,30,31,35). The predicted octanol–water partition coefficient (Wildman–Crippen LogP) is 2.84. The van der Waals surface area contributed by atoms with Gasteiger partial charge in [0, 0.05) is 37.3 Å². The van der Waals surface area contributed by atoms with Gasteiger partial charge in [-0.15, -0.1) is 0 Å². The van der Waals surface area contributed by atoms with Gasteiger partial charge in [0.25, 0.3) is 5.91 Å². The Morgan fingerprint density at radius 1 is 1.31 bits per heavy atom. The Morgan fingerprint density at radius 2 is 2.08 bits per heavy atom. The van der Waals surface area contributed by atoms with Gasteiger partial charge in [0.1, 0.15) is 23.5 Å². The van der Waals surface area contributed by atoms with Crippen molar-refractivity contribution >= 4 is 17.6 Å². The summed E-state index contributed by atoms with van der Waals surface area (Å²) in [5, 5.41) is 16.5. The summed E-state index contributed by atoms with van der Waals surface area (Å²) in [5.41, 5.74) is 6.10. The van der Waals surface area contributed by atoms with Crippen molar-refractivity contribution in [2.45, 2.75) is 43.9 Å². The Morgan fingerprint density at radius 3 is 2.69 bits per heavy atom. The Balaban J connectivity index is 1.33. The highest BCUT2D eigenvalue weighted by atomic mass is 19.1. The fourth-order valence-electron chi connectivity index (χ4n) is 4.63. The van der Waals surface area contributed by atoms with Crippen LogP contribution < -0.4 is 11.1 Å². The minimum Gasteiger partial charge on any atom is -0.445 e. The summed E-state index contributed by atoms with van der Waals surface area (Å²) in [5.74, 6) is -0.576. The van der Waals surface area contributed by atoms with Crippen LogP contribution >= 0.6 is 0 Å². The van der Waals surface area contributed by atoms with E-state index < -0.39 is 17.6 Å². The van der Waals surface area contributed by atoms with Crippen LogP contribution in [0.4, 0.5) is 10.2 Å². The zero-order valence-electron chi connectivity index (χ0n) is 19.6. The Bertz CT molecular complexity index is 1290. The topological polar surface area (TPSA) is 143 Å². The molecule has 1 saturated carbocycles. The molecule has 1 aromatic carbocycles. The molecule has 1 aliphatic heterocycles. The fourth-order valence-corrected chi connectivity index (χ4v) is 4.63. The molecule has 2 atom stereocenters. The minimum atomic E-state index is -1.44. The number of nitrogens with zero attached hydrogens (tertiary/aromatic N) is 5. The number of alkyl halides is 1. The number of likely N-dealkylation sites (tertiary alicyclic amines) is 1. The van der Waals surface area contributed by atoms with Crippen LogP contribution in [0.3, 0.4) is 0 Å². The molecular weight excluding hydrogens is 465 g/mol. The van der Waals surface area contributed by atoms with Gasteiger partial charge >= 0.3 is 0 Å². The third-order valence-corrected chi connectivity index (χ3v) is 6.91. The number of amides is 2. The van der Waals surface area contributed by atoms with E-state index in [0.717, 1.165) is 24.0 Å². The number of nitriles is 1. The summed E-state index contributed by atoms with van der Waals surface area (Å²) in [6.07, 6.45) is 4.73. The first-order valence-corrected chi connectivity index (χ1v) is 11.8. The van der Waals surface area contributed by atoms with E-state index >= 15 is 4.39 Å². The van der Waals surface area contributed by atoms with Crippen LogP contribution in [0.1, 0.15) is 41.6 Å². The van der Waals surface area contributed by atoms with Gasteiger partial charge in [-0.05, 0) is 37.0 Å². The number of hydrogen-bond donors (Lipinski definition) is 2. The highest BCUT2D eigenvalue weighted by Gasteiger charge is 2.47. The van der Waals surface area contributed by atoms with E-state index in [1.54, 1.807) is 6.20 Å². The van der Waals surface area contributed by atoms with Gasteiger partial charge in [-0.2, -0.15) is 10.4 Å². The molecule has 0 radical (unpaired) electrons. The maximum atomic E-state index is 15.8. The summed E-state index contributed by atoms with van der Waals surface area (Å²) in [4.78, 5) is 30.4. The van der Waals surface area contributed by atoms with Crippen molar-refractivity contribution in [3.8, 4) is 17.5 Å². The molecule has 1 saturated heterocycles. The average molecular weight is 492 g/mol. The number of benzene rings is 1. The van der Waals surface area contributed by atoms with Crippen molar-refractivity contribution < 1.29 is 18.4 Å². The quantitative estimate of drug-likeness (QED) is 0.493. The molecule has 0 spiro atoms. The van der Waals surface area contributed by atoms with Gasteiger partial charge in [-0.3, -0.25) is 19.2 Å². The van der Waals surface area contributed by atoms with Crippen LogP contribution in [0.5, 0.6) is 0 Å². The van der Waals surface area contributed by atoms with E-state index in [1.165, 1.54) is 17.1 Å². The predicted molar refractivity (Wildman–Crippen MR) is 127 cm³/mol. The largest absolute Gasteiger partial charge is 0.445 e. The normalized spacial score (nSPS) is 22.2. The number of piperidine rings is 1. The smallest absolute Gasteiger partial charge is 0.254 e. The van der Waals surface area contributed by atoms with Crippen molar-refractivity contribution in [3.05, 3.63) is 54.0 Å². The lowest BCUT2D eigenvalue weighted by atomic mass is 9.83. The number of halogens is 1. The fraction of sp³-hybridized carbons (Fsp3) is 0.400. The Labute approximate surface area is 206 Å². The van der Waals surface area contributed by atoms with Gasteiger partial charge in [0.15, 0.2) is 5.82 Å². The number of nitrogens with two attached hydrogens (primary N) is 1. The van der Waals surface area contributed by atoms with Gasteiger partial charge in [0.2, 0.25) is 11.8 Å². The van der Waals surface area contributed by atoms with Gasteiger partial charge in [0.05, 0.1) is 18.7 Å².